The van der Waals surface area contributed by atoms with Gasteiger partial charge >= 0.3 is 0 Å². The van der Waals surface area contributed by atoms with Gasteiger partial charge in [0.15, 0.2) is 0 Å². The highest BCUT2D eigenvalue weighted by atomic mass is 32.2. The Morgan fingerprint density at radius 1 is 0.600 bits per heavy atom. The maximum atomic E-state index is 16.2. The van der Waals surface area contributed by atoms with Crippen molar-refractivity contribution in [2.75, 3.05) is 0 Å². The molecule has 0 radical (unpaired) electrons. The van der Waals surface area contributed by atoms with Gasteiger partial charge in [0.05, 0.1) is 0 Å². The summed E-state index contributed by atoms with van der Waals surface area (Å²) in [6.07, 6.45) is 24.7. The van der Waals surface area contributed by atoms with Gasteiger partial charge in [0.1, 0.15) is 11.1 Å². The molecule has 0 aliphatic carbocycles. The van der Waals surface area contributed by atoms with Crippen LogP contribution < -0.4 is 0 Å². The molecule has 0 aliphatic heterocycles. The molecule has 0 saturated carbocycles. The fourth-order valence-electron chi connectivity index (χ4n) is 6.07. The maximum Gasteiger partial charge on any atom is 0.295 e. The zero-order valence-corrected chi connectivity index (χ0v) is 26.3. The number of halogens is 1. The summed E-state index contributed by atoms with van der Waals surface area (Å²) in [5, 5.41) is 0.977. The Morgan fingerprint density at radius 3 is 1.45 bits per heavy atom. The molecule has 0 aliphatic rings. The minimum atomic E-state index is -4.37. The van der Waals surface area contributed by atoms with Crippen molar-refractivity contribution in [2.45, 2.75) is 160 Å². The molecule has 0 saturated heterocycles. The van der Waals surface area contributed by atoms with Crippen LogP contribution in [-0.2, 0) is 10.1 Å². The van der Waals surface area contributed by atoms with Gasteiger partial charge in [0, 0.05) is 5.39 Å². The van der Waals surface area contributed by atoms with Gasteiger partial charge in [-0.05, 0) is 35.8 Å². The second-order valence-electron chi connectivity index (χ2n) is 11.9. The van der Waals surface area contributed by atoms with Crippen molar-refractivity contribution in [3.8, 4) is 0 Å². The molecule has 0 aromatic heterocycles. The SMILES string of the molecule is CCCCCCCCCCCCCCCCC(CCCCCCC)C(F)c1cccc2c(S(=O)(=O)O)cccc12. The minimum absolute atomic E-state index is 0.0704. The Labute approximate surface area is 245 Å². The molecule has 0 spiro atoms. The first-order chi connectivity index (χ1) is 19.4. The molecule has 228 valence electrons. The van der Waals surface area contributed by atoms with Crippen LogP contribution in [0.15, 0.2) is 41.3 Å². The first-order valence-corrected chi connectivity index (χ1v) is 18.0. The lowest BCUT2D eigenvalue weighted by atomic mass is 9.85. The Hall–Kier alpha value is -1.46. The van der Waals surface area contributed by atoms with E-state index in [0.717, 1.165) is 38.5 Å². The van der Waals surface area contributed by atoms with Crippen molar-refractivity contribution in [2.24, 2.45) is 5.92 Å². The summed E-state index contributed by atoms with van der Waals surface area (Å²) < 4.78 is 49.7. The van der Waals surface area contributed by atoms with E-state index in [9.17, 15) is 13.0 Å². The third-order valence-electron chi connectivity index (χ3n) is 8.51. The van der Waals surface area contributed by atoms with Gasteiger partial charge < -0.3 is 0 Å². The summed E-state index contributed by atoms with van der Waals surface area (Å²) in [5.41, 5.74) is 0.548. The summed E-state index contributed by atoms with van der Waals surface area (Å²) in [6.45, 7) is 4.47. The molecular weight excluding hydrogens is 519 g/mol. The quantitative estimate of drug-likeness (QED) is 0.0998. The standard InChI is InChI=1S/C35H57FO3S/c1-3-5-7-9-10-11-12-13-14-15-16-17-19-21-25-30(24-20-18-8-6-4-2)35(36)33-28-22-27-32-31(33)26-23-29-34(32)40(37,38)39/h22-23,26-30,35H,3-21,24-25H2,1-2H3,(H,37,38,39). The number of hydrogen-bond donors (Lipinski definition) is 1. The second-order valence-corrected chi connectivity index (χ2v) is 13.3. The number of hydrogen-bond acceptors (Lipinski definition) is 2. The molecule has 2 unspecified atom stereocenters. The van der Waals surface area contributed by atoms with Crippen LogP contribution in [0, 0.1) is 5.92 Å². The van der Waals surface area contributed by atoms with Crippen LogP contribution in [0.3, 0.4) is 0 Å². The smallest absolute Gasteiger partial charge is 0.282 e. The average Bonchev–Trinajstić information content (AvgIpc) is 2.94. The van der Waals surface area contributed by atoms with Gasteiger partial charge in [-0.15, -0.1) is 0 Å². The molecular formula is C35H57FO3S. The van der Waals surface area contributed by atoms with Crippen LogP contribution in [0.2, 0.25) is 0 Å². The molecule has 2 aromatic carbocycles. The first kappa shape index (κ1) is 34.7. The number of rotatable bonds is 24. The van der Waals surface area contributed by atoms with E-state index in [0.29, 0.717) is 16.3 Å². The summed E-state index contributed by atoms with van der Waals surface area (Å²) in [4.78, 5) is -0.151. The summed E-state index contributed by atoms with van der Waals surface area (Å²) in [6, 6.07) is 9.90. The second kappa shape index (κ2) is 20.4. The van der Waals surface area contributed by atoms with Crippen molar-refractivity contribution in [3.05, 3.63) is 42.0 Å². The van der Waals surface area contributed by atoms with Crippen LogP contribution in [0.25, 0.3) is 10.8 Å². The predicted molar refractivity (Wildman–Crippen MR) is 169 cm³/mol. The molecule has 5 heteroatoms. The van der Waals surface area contributed by atoms with E-state index in [1.54, 1.807) is 30.3 Å². The average molecular weight is 577 g/mol. The fourth-order valence-corrected chi connectivity index (χ4v) is 6.78. The maximum absolute atomic E-state index is 16.2. The van der Waals surface area contributed by atoms with Crippen molar-refractivity contribution < 1.29 is 17.4 Å². The molecule has 3 nitrogen and oxygen atoms in total. The van der Waals surface area contributed by atoms with E-state index in [1.807, 2.05) is 0 Å². The molecule has 0 bridgehead atoms. The molecule has 1 N–H and O–H groups in total. The van der Waals surface area contributed by atoms with Crippen LogP contribution in [-0.4, -0.2) is 13.0 Å². The van der Waals surface area contributed by atoms with Crippen molar-refractivity contribution >= 4 is 20.9 Å². The first-order valence-electron chi connectivity index (χ1n) is 16.5. The van der Waals surface area contributed by atoms with E-state index in [2.05, 4.69) is 13.8 Å². The fraction of sp³-hybridized carbons (Fsp3) is 0.714. The Kier molecular flexibility index (Phi) is 17.7. The normalized spacial score (nSPS) is 13.6. The van der Waals surface area contributed by atoms with Gasteiger partial charge in [-0.3, -0.25) is 4.55 Å². The highest BCUT2D eigenvalue weighted by molar-refractivity contribution is 7.86. The van der Waals surface area contributed by atoms with Crippen LogP contribution >= 0.6 is 0 Å². The van der Waals surface area contributed by atoms with Crippen LogP contribution in [0.5, 0.6) is 0 Å². The molecule has 40 heavy (non-hydrogen) atoms. The lowest BCUT2D eigenvalue weighted by Crippen LogP contribution is -2.11. The topological polar surface area (TPSA) is 54.4 Å². The lowest BCUT2D eigenvalue weighted by Gasteiger charge is -2.23. The number of benzene rings is 2. The lowest BCUT2D eigenvalue weighted by molar-refractivity contribution is 0.202. The minimum Gasteiger partial charge on any atom is -0.282 e. The monoisotopic (exact) mass is 576 g/mol. The zero-order chi connectivity index (χ0) is 29.1. The summed E-state index contributed by atoms with van der Waals surface area (Å²) in [5.74, 6) is -0.0704. The molecule has 0 fully saturated rings. The summed E-state index contributed by atoms with van der Waals surface area (Å²) >= 11 is 0. The number of fused-ring (bicyclic) bond motifs is 1. The third-order valence-corrected chi connectivity index (χ3v) is 9.42. The molecule has 2 rings (SSSR count). The van der Waals surface area contributed by atoms with E-state index in [4.69, 9.17) is 0 Å². The number of unbranched alkanes of at least 4 members (excludes halogenated alkanes) is 17. The Bertz CT molecular complexity index is 1040. The van der Waals surface area contributed by atoms with Gasteiger partial charge in [0.25, 0.3) is 10.1 Å². The van der Waals surface area contributed by atoms with E-state index >= 15 is 4.39 Å². The molecule has 2 aromatic rings. The van der Waals surface area contributed by atoms with Crippen molar-refractivity contribution in [1.82, 2.24) is 0 Å². The highest BCUT2D eigenvalue weighted by Crippen LogP contribution is 2.38. The third kappa shape index (κ3) is 13.0. The number of alkyl halides is 1. The Morgan fingerprint density at radius 2 is 1.00 bits per heavy atom. The largest absolute Gasteiger partial charge is 0.295 e. The van der Waals surface area contributed by atoms with Crippen LogP contribution in [0.4, 0.5) is 4.39 Å². The molecule has 2 atom stereocenters. The Balaban J connectivity index is 1.85. The van der Waals surface area contributed by atoms with E-state index in [-0.39, 0.29) is 10.8 Å². The van der Waals surface area contributed by atoms with Gasteiger partial charge in [-0.1, -0.05) is 166 Å². The highest BCUT2D eigenvalue weighted by Gasteiger charge is 2.25. The zero-order valence-electron chi connectivity index (χ0n) is 25.5. The van der Waals surface area contributed by atoms with Crippen LogP contribution in [0.1, 0.15) is 160 Å². The van der Waals surface area contributed by atoms with Gasteiger partial charge in [0.2, 0.25) is 0 Å². The molecule has 0 amide bonds. The predicted octanol–water partition coefficient (Wildman–Crippen LogP) is 11.9. The summed E-state index contributed by atoms with van der Waals surface area (Å²) in [7, 11) is -4.37. The van der Waals surface area contributed by atoms with E-state index < -0.39 is 16.3 Å². The van der Waals surface area contributed by atoms with E-state index in [1.165, 1.54) is 102 Å². The van der Waals surface area contributed by atoms with Crippen molar-refractivity contribution in [1.29, 1.82) is 0 Å². The van der Waals surface area contributed by atoms with Gasteiger partial charge in [-0.25, -0.2) is 4.39 Å². The molecule has 0 heterocycles. The van der Waals surface area contributed by atoms with Gasteiger partial charge in [-0.2, -0.15) is 8.42 Å². The van der Waals surface area contributed by atoms with Crippen molar-refractivity contribution in [3.63, 3.8) is 0 Å².